The van der Waals surface area contributed by atoms with Crippen LogP contribution in [-0.2, 0) is 0 Å². The number of benzene rings is 2. The van der Waals surface area contributed by atoms with Crippen molar-refractivity contribution >= 4 is 11.4 Å². The third-order valence-corrected chi connectivity index (χ3v) is 2.78. The van der Waals surface area contributed by atoms with Crippen LogP contribution in [0.1, 0.15) is 18.6 Å². The number of hydrogen-bond donors (Lipinski definition) is 1. The molecule has 0 saturated carbocycles. The van der Waals surface area contributed by atoms with Gasteiger partial charge >= 0.3 is 0 Å². The molecule has 1 atom stereocenters. The van der Waals surface area contributed by atoms with Crippen LogP contribution >= 0.6 is 0 Å². The summed E-state index contributed by atoms with van der Waals surface area (Å²) in [5, 5.41) is 10.6. The molecule has 0 bridgehead atoms. The molecule has 1 unspecified atom stereocenters. The number of anilines is 1. The van der Waals surface area contributed by atoms with E-state index in [0.717, 1.165) is 5.56 Å². The lowest BCUT2D eigenvalue weighted by atomic mass is 10.1. The van der Waals surface area contributed by atoms with E-state index in [-0.39, 0.29) is 17.5 Å². The van der Waals surface area contributed by atoms with E-state index in [9.17, 15) is 10.1 Å². The Morgan fingerprint density at radius 2 is 1.89 bits per heavy atom. The van der Waals surface area contributed by atoms with Gasteiger partial charge in [-0.2, -0.15) is 0 Å². The Balaban J connectivity index is 2.18. The number of nitro groups is 1. The van der Waals surface area contributed by atoms with Crippen LogP contribution in [0.5, 0.6) is 5.75 Å². The van der Waals surface area contributed by atoms with Gasteiger partial charge in [-0.05, 0) is 18.6 Å². The van der Waals surface area contributed by atoms with Crippen molar-refractivity contribution in [3.05, 3.63) is 64.2 Å². The van der Waals surface area contributed by atoms with Crippen molar-refractivity contribution in [3.8, 4) is 5.75 Å². The molecule has 0 aliphatic heterocycles. The Morgan fingerprint density at radius 1 is 1.21 bits per heavy atom. The molecule has 2 aromatic rings. The first-order valence-corrected chi connectivity index (χ1v) is 5.83. The Labute approximate surface area is 110 Å². The van der Waals surface area contributed by atoms with Gasteiger partial charge < -0.3 is 10.5 Å². The smallest absolute Gasteiger partial charge is 0.271 e. The van der Waals surface area contributed by atoms with E-state index < -0.39 is 4.92 Å². The van der Waals surface area contributed by atoms with Crippen molar-refractivity contribution in [2.75, 3.05) is 5.73 Å². The highest BCUT2D eigenvalue weighted by Gasteiger charge is 2.12. The van der Waals surface area contributed by atoms with Crippen LogP contribution in [0.15, 0.2) is 48.5 Å². The number of nitrogens with zero attached hydrogens (tertiary/aromatic N) is 1. The van der Waals surface area contributed by atoms with E-state index in [0.29, 0.717) is 5.75 Å². The molecule has 0 aromatic heterocycles. The molecule has 0 radical (unpaired) electrons. The fourth-order valence-electron chi connectivity index (χ4n) is 1.74. The van der Waals surface area contributed by atoms with E-state index in [4.69, 9.17) is 10.5 Å². The molecule has 5 nitrogen and oxygen atoms in total. The van der Waals surface area contributed by atoms with Gasteiger partial charge in [0.05, 0.1) is 10.6 Å². The Bertz CT molecular complexity index is 584. The SMILES string of the molecule is CC(Oc1ccc([N+](=O)[O-])cc1N)c1ccccc1. The maximum atomic E-state index is 10.6. The van der Waals surface area contributed by atoms with Gasteiger partial charge in [0.1, 0.15) is 11.9 Å². The van der Waals surface area contributed by atoms with Gasteiger partial charge in [0, 0.05) is 12.1 Å². The van der Waals surface area contributed by atoms with Crippen LogP contribution in [0.25, 0.3) is 0 Å². The molecule has 5 heteroatoms. The van der Waals surface area contributed by atoms with Crippen LogP contribution in [-0.4, -0.2) is 4.92 Å². The zero-order valence-corrected chi connectivity index (χ0v) is 10.4. The first-order valence-electron chi connectivity index (χ1n) is 5.83. The van der Waals surface area contributed by atoms with Crippen LogP contribution in [0.2, 0.25) is 0 Å². The summed E-state index contributed by atoms with van der Waals surface area (Å²) in [6, 6.07) is 13.9. The average Bonchev–Trinajstić information content (AvgIpc) is 2.41. The number of ether oxygens (including phenoxy) is 1. The molecule has 0 aliphatic carbocycles. The van der Waals surface area contributed by atoms with Gasteiger partial charge in [-0.15, -0.1) is 0 Å². The third-order valence-electron chi connectivity index (χ3n) is 2.78. The monoisotopic (exact) mass is 258 g/mol. The summed E-state index contributed by atoms with van der Waals surface area (Å²) in [7, 11) is 0. The lowest BCUT2D eigenvalue weighted by Gasteiger charge is -2.16. The Morgan fingerprint density at radius 3 is 2.47 bits per heavy atom. The van der Waals surface area contributed by atoms with Gasteiger partial charge in [0.15, 0.2) is 0 Å². The number of nitrogen functional groups attached to an aromatic ring is 1. The molecule has 19 heavy (non-hydrogen) atoms. The number of non-ortho nitro benzene ring substituents is 1. The van der Waals surface area contributed by atoms with Crippen molar-refractivity contribution in [2.45, 2.75) is 13.0 Å². The minimum Gasteiger partial charge on any atom is -0.484 e. The van der Waals surface area contributed by atoms with E-state index >= 15 is 0 Å². The summed E-state index contributed by atoms with van der Waals surface area (Å²) < 4.78 is 5.72. The molecule has 0 fully saturated rings. The molecule has 0 heterocycles. The standard InChI is InChI=1S/C14H14N2O3/c1-10(11-5-3-2-4-6-11)19-14-8-7-12(16(17)18)9-13(14)15/h2-10H,15H2,1H3. The maximum absolute atomic E-state index is 10.6. The Hall–Kier alpha value is -2.56. The predicted octanol–water partition coefficient (Wildman–Crippen LogP) is 3.32. The van der Waals surface area contributed by atoms with Crippen LogP contribution < -0.4 is 10.5 Å². The summed E-state index contributed by atoms with van der Waals surface area (Å²) in [5.74, 6) is 0.446. The van der Waals surface area contributed by atoms with Crippen molar-refractivity contribution in [1.82, 2.24) is 0 Å². The van der Waals surface area contributed by atoms with Gasteiger partial charge in [0.25, 0.3) is 5.69 Å². The summed E-state index contributed by atoms with van der Waals surface area (Å²) in [6.07, 6.45) is -0.176. The molecule has 2 aromatic carbocycles. The lowest BCUT2D eigenvalue weighted by molar-refractivity contribution is -0.384. The second-order valence-electron chi connectivity index (χ2n) is 4.15. The van der Waals surface area contributed by atoms with E-state index in [1.807, 2.05) is 37.3 Å². The van der Waals surface area contributed by atoms with Gasteiger partial charge in [0.2, 0.25) is 0 Å². The van der Waals surface area contributed by atoms with Gasteiger partial charge in [-0.3, -0.25) is 10.1 Å². The second kappa shape index (κ2) is 5.39. The summed E-state index contributed by atoms with van der Waals surface area (Å²) in [4.78, 5) is 10.1. The fourth-order valence-corrected chi connectivity index (χ4v) is 1.74. The molecule has 98 valence electrons. The number of nitrogens with two attached hydrogens (primary N) is 1. The minimum absolute atomic E-state index is 0.0442. The zero-order chi connectivity index (χ0) is 13.8. The molecule has 0 aliphatic rings. The Kier molecular flexibility index (Phi) is 3.66. The van der Waals surface area contributed by atoms with Crippen molar-refractivity contribution in [2.24, 2.45) is 0 Å². The lowest BCUT2D eigenvalue weighted by Crippen LogP contribution is -2.05. The second-order valence-corrected chi connectivity index (χ2v) is 4.15. The van der Waals surface area contributed by atoms with Crippen molar-refractivity contribution < 1.29 is 9.66 Å². The molecular formula is C14H14N2O3. The van der Waals surface area contributed by atoms with E-state index in [2.05, 4.69) is 0 Å². The van der Waals surface area contributed by atoms with E-state index in [1.165, 1.54) is 18.2 Å². The highest BCUT2D eigenvalue weighted by atomic mass is 16.6. The molecule has 2 N–H and O–H groups in total. The highest BCUT2D eigenvalue weighted by molar-refractivity contribution is 5.58. The van der Waals surface area contributed by atoms with Crippen molar-refractivity contribution in [3.63, 3.8) is 0 Å². The van der Waals surface area contributed by atoms with Crippen LogP contribution in [0.4, 0.5) is 11.4 Å². The van der Waals surface area contributed by atoms with Crippen molar-refractivity contribution in [1.29, 1.82) is 0 Å². The largest absolute Gasteiger partial charge is 0.484 e. The maximum Gasteiger partial charge on any atom is 0.271 e. The number of hydrogen-bond acceptors (Lipinski definition) is 4. The molecular weight excluding hydrogens is 244 g/mol. The topological polar surface area (TPSA) is 78.4 Å². The third kappa shape index (κ3) is 3.01. The predicted molar refractivity (Wildman–Crippen MR) is 73.0 cm³/mol. The number of nitro benzene ring substituents is 1. The normalized spacial score (nSPS) is 11.8. The minimum atomic E-state index is -0.485. The molecule has 2 rings (SSSR count). The molecule has 0 amide bonds. The summed E-state index contributed by atoms with van der Waals surface area (Å²) in [6.45, 7) is 1.90. The average molecular weight is 258 g/mol. The quantitative estimate of drug-likeness (QED) is 0.518. The summed E-state index contributed by atoms with van der Waals surface area (Å²) >= 11 is 0. The van der Waals surface area contributed by atoms with Gasteiger partial charge in [-0.1, -0.05) is 30.3 Å². The summed E-state index contributed by atoms with van der Waals surface area (Å²) in [5.41, 5.74) is 6.99. The molecule has 0 saturated heterocycles. The van der Waals surface area contributed by atoms with Gasteiger partial charge in [-0.25, -0.2) is 0 Å². The fraction of sp³-hybridized carbons (Fsp3) is 0.143. The van der Waals surface area contributed by atoms with Crippen LogP contribution in [0.3, 0.4) is 0 Å². The van der Waals surface area contributed by atoms with E-state index in [1.54, 1.807) is 0 Å². The van der Waals surface area contributed by atoms with Crippen LogP contribution in [0, 0.1) is 10.1 Å². The molecule has 0 spiro atoms. The first kappa shape index (κ1) is 12.9. The number of rotatable bonds is 4. The zero-order valence-electron chi connectivity index (χ0n) is 10.4. The highest BCUT2D eigenvalue weighted by Crippen LogP contribution is 2.30. The first-order chi connectivity index (χ1) is 9.08.